The molecule has 2 aliphatic rings. The molecule has 208 valence electrons. The molecular formula is C34H28N4O2S2. The van der Waals surface area contributed by atoms with Crippen LogP contribution in [0.5, 0.6) is 0 Å². The standard InChI is InChI=1S/C34H28N4O2S2/c35-31-34(32(36)38-33(41)37-31)25(27(39)21-13-5-1-6-14-21)29(23-17-9-3-10-18-23)42-30(24-19-11-4-12-20-24)26(34)28(40)22-15-7-2-8-16-22/h1-20,25-26,29-30H,(H4,35,36,37,38,41)/t25-,26+,29-,30+. The van der Waals surface area contributed by atoms with Crippen molar-refractivity contribution < 1.29 is 9.59 Å². The SMILES string of the molecule is NC1=NC(=S)N=C(N)C12[C@H](C(=O)c1ccccc1)[C@@H](c1ccccc1)S[C@@H](c1ccccc1)[C@@H]2C(=O)c1ccccc1. The van der Waals surface area contributed by atoms with Gasteiger partial charge in [0, 0.05) is 21.6 Å². The minimum absolute atomic E-state index is 0.0295. The number of amidine groups is 2. The summed E-state index contributed by atoms with van der Waals surface area (Å²) in [5.74, 6) is -2.16. The Kier molecular flexibility index (Phi) is 7.58. The molecule has 0 unspecified atom stereocenters. The molecule has 0 radical (unpaired) electrons. The zero-order valence-electron chi connectivity index (χ0n) is 22.5. The van der Waals surface area contributed by atoms with Crippen LogP contribution < -0.4 is 11.5 Å². The van der Waals surface area contributed by atoms with Gasteiger partial charge in [-0.2, -0.15) is 0 Å². The highest BCUT2D eigenvalue weighted by atomic mass is 32.2. The van der Waals surface area contributed by atoms with Crippen LogP contribution in [0.1, 0.15) is 42.3 Å². The molecule has 6 nitrogen and oxygen atoms in total. The van der Waals surface area contributed by atoms with Crippen LogP contribution in [0, 0.1) is 17.3 Å². The van der Waals surface area contributed by atoms with Gasteiger partial charge in [0.05, 0.1) is 11.8 Å². The van der Waals surface area contributed by atoms with Gasteiger partial charge in [-0.1, -0.05) is 121 Å². The second-order valence-electron chi connectivity index (χ2n) is 10.4. The Morgan fingerprint density at radius 2 is 0.929 bits per heavy atom. The van der Waals surface area contributed by atoms with Crippen molar-refractivity contribution in [2.24, 2.45) is 38.7 Å². The smallest absolute Gasteiger partial charge is 0.222 e. The Balaban J connectivity index is 1.69. The number of nitrogens with two attached hydrogens (primary N) is 2. The zero-order valence-corrected chi connectivity index (χ0v) is 24.2. The Morgan fingerprint density at radius 3 is 1.29 bits per heavy atom. The molecule has 0 bridgehead atoms. The summed E-state index contributed by atoms with van der Waals surface area (Å²) in [6.45, 7) is 0. The average molecular weight is 589 g/mol. The van der Waals surface area contributed by atoms with E-state index in [0.717, 1.165) is 11.1 Å². The van der Waals surface area contributed by atoms with Crippen LogP contribution in [0.2, 0.25) is 0 Å². The zero-order chi connectivity index (χ0) is 29.3. The first-order valence-electron chi connectivity index (χ1n) is 13.6. The lowest BCUT2D eigenvalue weighted by Gasteiger charge is -2.54. The molecule has 6 rings (SSSR count). The molecule has 1 spiro atoms. The number of ketones is 2. The van der Waals surface area contributed by atoms with Crippen LogP contribution in [-0.4, -0.2) is 28.4 Å². The Bertz CT molecular complexity index is 1570. The molecule has 4 N–H and O–H groups in total. The number of thioether (sulfide) groups is 1. The molecule has 2 heterocycles. The van der Waals surface area contributed by atoms with E-state index in [2.05, 4.69) is 9.98 Å². The molecule has 8 heteroatoms. The van der Waals surface area contributed by atoms with Crippen LogP contribution in [-0.2, 0) is 0 Å². The first kappa shape index (κ1) is 27.8. The van der Waals surface area contributed by atoms with E-state index < -0.39 is 27.8 Å². The summed E-state index contributed by atoms with van der Waals surface area (Å²) in [7, 11) is 0. The number of carbonyl (C=O) groups is 2. The third-order valence-corrected chi connectivity index (χ3v) is 9.96. The fourth-order valence-corrected chi connectivity index (χ4v) is 8.38. The van der Waals surface area contributed by atoms with E-state index in [1.54, 1.807) is 36.0 Å². The molecule has 2 aliphatic heterocycles. The summed E-state index contributed by atoms with van der Waals surface area (Å²) in [6, 6.07) is 37.7. The fraction of sp³-hybridized carbons (Fsp3) is 0.147. The summed E-state index contributed by atoms with van der Waals surface area (Å²) in [4.78, 5) is 38.5. The highest BCUT2D eigenvalue weighted by Gasteiger charge is 2.66. The summed E-state index contributed by atoms with van der Waals surface area (Å²) < 4.78 is 0. The van der Waals surface area contributed by atoms with Crippen molar-refractivity contribution in [3.8, 4) is 0 Å². The number of hydrogen-bond donors (Lipinski definition) is 2. The van der Waals surface area contributed by atoms with E-state index in [1.807, 2.05) is 97.1 Å². The number of hydrogen-bond acceptors (Lipinski definition) is 6. The van der Waals surface area contributed by atoms with E-state index in [9.17, 15) is 9.59 Å². The molecule has 0 saturated carbocycles. The highest BCUT2D eigenvalue weighted by Crippen LogP contribution is 2.64. The van der Waals surface area contributed by atoms with Gasteiger partial charge >= 0.3 is 0 Å². The molecule has 4 aromatic carbocycles. The second kappa shape index (κ2) is 11.5. The quantitative estimate of drug-likeness (QED) is 0.205. The summed E-state index contributed by atoms with van der Waals surface area (Å²) >= 11 is 6.92. The predicted octanol–water partition coefficient (Wildman–Crippen LogP) is 6.21. The van der Waals surface area contributed by atoms with Gasteiger partial charge in [-0.3, -0.25) is 9.59 Å². The van der Waals surface area contributed by atoms with Gasteiger partial charge in [-0.05, 0) is 23.3 Å². The van der Waals surface area contributed by atoms with Crippen molar-refractivity contribution in [1.82, 2.24) is 0 Å². The molecule has 4 aromatic rings. The van der Waals surface area contributed by atoms with Gasteiger partial charge in [0.25, 0.3) is 0 Å². The van der Waals surface area contributed by atoms with Crippen LogP contribution in [0.15, 0.2) is 131 Å². The molecule has 0 aromatic heterocycles. The highest BCUT2D eigenvalue weighted by molar-refractivity contribution is 7.99. The van der Waals surface area contributed by atoms with Crippen molar-refractivity contribution >= 4 is 52.3 Å². The first-order chi connectivity index (χ1) is 20.4. The fourth-order valence-electron chi connectivity index (χ4n) is 6.25. The Morgan fingerprint density at radius 1 is 0.595 bits per heavy atom. The van der Waals surface area contributed by atoms with Crippen LogP contribution in [0.3, 0.4) is 0 Å². The average Bonchev–Trinajstić information content (AvgIpc) is 3.04. The minimum Gasteiger partial charge on any atom is -0.386 e. The largest absolute Gasteiger partial charge is 0.386 e. The predicted molar refractivity (Wildman–Crippen MR) is 173 cm³/mol. The second-order valence-corrected chi connectivity index (χ2v) is 12.0. The number of nitrogens with zero attached hydrogens (tertiary/aromatic N) is 2. The van der Waals surface area contributed by atoms with Gasteiger partial charge in [-0.25, -0.2) is 9.98 Å². The van der Waals surface area contributed by atoms with E-state index in [1.165, 1.54) is 0 Å². The summed E-state index contributed by atoms with van der Waals surface area (Å²) in [5.41, 5.74) is 15.1. The monoisotopic (exact) mass is 588 g/mol. The molecule has 0 amide bonds. The number of aliphatic imine (C=N–C) groups is 2. The van der Waals surface area contributed by atoms with Crippen molar-refractivity contribution in [1.29, 1.82) is 0 Å². The molecule has 0 aliphatic carbocycles. The van der Waals surface area contributed by atoms with Gasteiger partial charge < -0.3 is 11.5 Å². The number of rotatable bonds is 6. The Hall–Kier alpha value is -4.40. The lowest BCUT2D eigenvalue weighted by atomic mass is 9.56. The molecule has 4 atom stereocenters. The normalized spacial score (nSPS) is 23.1. The summed E-state index contributed by atoms with van der Waals surface area (Å²) in [6.07, 6.45) is 0. The number of carbonyl (C=O) groups excluding carboxylic acids is 2. The van der Waals surface area contributed by atoms with Crippen LogP contribution in [0.4, 0.5) is 0 Å². The molecule has 1 saturated heterocycles. The maximum Gasteiger partial charge on any atom is 0.222 e. The first-order valence-corrected chi connectivity index (χ1v) is 14.9. The van der Waals surface area contributed by atoms with Crippen LogP contribution >= 0.6 is 24.0 Å². The van der Waals surface area contributed by atoms with Gasteiger partial charge in [0.1, 0.15) is 17.1 Å². The number of benzene rings is 4. The lowest BCUT2D eigenvalue weighted by Crippen LogP contribution is -2.65. The topological polar surface area (TPSA) is 111 Å². The maximum atomic E-state index is 14.8. The van der Waals surface area contributed by atoms with E-state index in [0.29, 0.717) is 11.1 Å². The van der Waals surface area contributed by atoms with Crippen LogP contribution in [0.25, 0.3) is 0 Å². The molecular weight excluding hydrogens is 561 g/mol. The van der Waals surface area contributed by atoms with Crippen molar-refractivity contribution in [3.05, 3.63) is 144 Å². The van der Waals surface area contributed by atoms with Gasteiger partial charge in [-0.15, -0.1) is 11.8 Å². The van der Waals surface area contributed by atoms with Crippen molar-refractivity contribution in [3.63, 3.8) is 0 Å². The number of Topliss-reactive ketones (excluding diaryl/α,β-unsaturated/α-hetero) is 2. The minimum atomic E-state index is -1.56. The van der Waals surface area contributed by atoms with Crippen molar-refractivity contribution in [2.75, 3.05) is 0 Å². The molecule has 42 heavy (non-hydrogen) atoms. The lowest BCUT2D eigenvalue weighted by molar-refractivity contribution is 0.0719. The maximum absolute atomic E-state index is 14.8. The van der Waals surface area contributed by atoms with E-state index in [4.69, 9.17) is 23.7 Å². The third kappa shape index (κ3) is 4.66. The Labute approximate surface area is 254 Å². The number of thiocarbonyl (C=S) groups is 1. The van der Waals surface area contributed by atoms with Gasteiger partial charge in [0.15, 0.2) is 11.6 Å². The van der Waals surface area contributed by atoms with Gasteiger partial charge in [0.2, 0.25) is 5.11 Å². The van der Waals surface area contributed by atoms with E-state index in [-0.39, 0.29) is 28.4 Å². The van der Waals surface area contributed by atoms with Crippen molar-refractivity contribution in [2.45, 2.75) is 10.5 Å². The third-order valence-electron chi connectivity index (χ3n) is 8.10. The summed E-state index contributed by atoms with van der Waals surface area (Å²) in [5, 5.41) is -0.922. The van der Waals surface area contributed by atoms with E-state index >= 15 is 0 Å². The molecule has 1 fully saturated rings.